The van der Waals surface area contributed by atoms with Gasteiger partial charge in [-0.15, -0.1) is 0 Å². The summed E-state index contributed by atoms with van der Waals surface area (Å²) in [6, 6.07) is 117. The van der Waals surface area contributed by atoms with E-state index in [9.17, 15) is 0 Å². The summed E-state index contributed by atoms with van der Waals surface area (Å²) in [6.45, 7) is 0. The molecule has 0 saturated heterocycles. The molecule has 0 unspecified atom stereocenters. The summed E-state index contributed by atoms with van der Waals surface area (Å²) in [5, 5.41) is 14.9. The average molecular weight is 1150 g/mol. The molecule has 90 heavy (non-hydrogen) atoms. The Hall–Kier alpha value is -12.0. The number of nitrogens with zero attached hydrogens (tertiary/aromatic N) is 2. The number of aromatic nitrogens is 2. The lowest BCUT2D eigenvalue weighted by Crippen LogP contribution is -1.91. The zero-order valence-electron chi connectivity index (χ0n) is 48.9. The van der Waals surface area contributed by atoms with Gasteiger partial charge in [-0.3, -0.25) is 0 Å². The first kappa shape index (κ1) is 52.4. The summed E-state index contributed by atoms with van der Waals surface area (Å²) >= 11 is 0. The Labute approximate surface area is 519 Å². The highest BCUT2D eigenvalue weighted by Crippen LogP contribution is 2.47. The quantitative estimate of drug-likeness (QED) is 0.142. The smallest absolute Gasteiger partial charge is 0.227 e. The molecule has 0 fully saturated rings. The van der Waals surface area contributed by atoms with Crippen molar-refractivity contribution in [1.29, 1.82) is 0 Å². The van der Waals surface area contributed by atoms with Crippen LogP contribution in [-0.2, 0) is 0 Å². The number of benzene rings is 16. The molecular weight excluding hydrogens is 1090 g/mol. The van der Waals surface area contributed by atoms with Gasteiger partial charge in [0.25, 0.3) is 0 Å². The molecule has 0 spiro atoms. The van der Waals surface area contributed by atoms with Gasteiger partial charge in [-0.1, -0.05) is 261 Å². The number of rotatable bonds is 8. The fourth-order valence-corrected chi connectivity index (χ4v) is 13.6. The van der Waals surface area contributed by atoms with Gasteiger partial charge in [0.15, 0.2) is 11.2 Å². The summed E-state index contributed by atoms with van der Waals surface area (Å²) in [7, 11) is 0. The van der Waals surface area contributed by atoms with Crippen molar-refractivity contribution in [1.82, 2.24) is 9.97 Å². The molecule has 4 heteroatoms. The molecule has 2 heterocycles. The molecule has 0 aliphatic carbocycles. The summed E-state index contributed by atoms with van der Waals surface area (Å²) in [6.07, 6.45) is 0. The second-order valence-electron chi connectivity index (χ2n) is 23.1. The lowest BCUT2D eigenvalue weighted by Gasteiger charge is -2.18. The van der Waals surface area contributed by atoms with Crippen molar-refractivity contribution < 1.29 is 8.83 Å². The third-order valence-corrected chi connectivity index (χ3v) is 17.8. The van der Waals surface area contributed by atoms with E-state index < -0.39 is 0 Å². The van der Waals surface area contributed by atoms with E-state index in [2.05, 4.69) is 279 Å². The maximum Gasteiger partial charge on any atom is 0.227 e. The first-order valence-corrected chi connectivity index (χ1v) is 30.6. The Balaban J connectivity index is 0.000000139. The second kappa shape index (κ2) is 22.1. The fraction of sp³-hybridized carbons (Fsp3) is 0. The number of oxazole rings is 2. The van der Waals surface area contributed by atoms with Gasteiger partial charge in [0.2, 0.25) is 11.8 Å². The lowest BCUT2D eigenvalue weighted by atomic mass is 9.85. The van der Waals surface area contributed by atoms with Crippen molar-refractivity contribution in [2.45, 2.75) is 0 Å². The summed E-state index contributed by atoms with van der Waals surface area (Å²) in [4.78, 5) is 9.42. The van der Waals surface area contributed by atoms with Crippen LogP contribution in [0, 0.1) is 0 Å². The van der Waals surface area contributed by atoms with Gasteiger partial charge in [-0.25, -0.2) is 9.97 Å². The Morgan fingerprint density at radius 2 is 0.511 bits per heavy atom. The van der Waals surface area contributed by atoms with Gasteiger partial charge in [-0.05, 0) is 198 Å². The zero-order chi connectivity index (χ0) is 59.5. The molecule has 420 valence electrons. The largest absolute Gasteiger partial charge is 0.436 e. The maximum atomic E-state index is 6.06. The Morgan fingerprint density at radius 3 is 0.989 bits per heavy atom. The van der Waals surface area contributed by atoms with Crippen LogP contribution in [0.25, 0.3) is 177 Å². The van der Waals surface area contributed by atoms with E-state index in [-0.39, 0.29) is 0 Å². The molecule has 18 rings (SSSR count). The minimum Gasteiger partial charge on any atom is -0.436 e. The monoisotopic (exact) mass is 1150 g/mol. The molecule has 0 saturated carbocycles. The minimum atomic E-state index is 0.638. The zero-order valence-corrected chi connectivity index (χ0v) is 48.9. The number of fused-ring (bicyclic) bond motifs is 8. The number of para-hydroxylation sites is 4. The third-order valence-electron chi connectivity index (χ3n) is 17.8. The van der Waals surface area contributed by atoms with Crippen LogP contribution < -0.4 is 0 Å². The molecule has 0 atom stereocenters. The van der Waals surface area contributed by atoms with Crippen LogP contribution in [0.1, 0.15) is 0 Å². The average Bonchev–Trinajstić information content (AvgIpc) is 1.15. The molecule has 0 bridgehead atoms. The van der Waals surface area contributed by atoms with Crippen molar-refractivity contribution in [3.05, 3.63) is 328 Å². The molecule has 0 N–H and O–H groups in total. The topological polar surface area (TPSA) is 52.1 Å². The molecule has 2 aromatic heterocycles. The van der Waals surface area contributed by atoms with E-state index in [1.807, 2.05) is 48.5 Å². The Morgan fingerprint density at radius 1 is 0.189 bits per heavy atom. The molecule has 0 radical (unpaired) electrons. The Bertz CT molecular complexity index is 5600. The van der Waals surface area contributed by atoms with Crippen LogP contribution in [0.15, 0.2) is 336 Å². The van der Waals surface area contributed by atoms with Crippen molar-refractivity contribution in [2.24, 2.45) is 0 Å². The van der Waals surface area contributed by atoms with Crippen LogP contribution in [-0.4, -0.2) is 9.97 Å². The molecule has 16 aromatic carbocycles. The molecule has 0 aliphatic heterocycles. The van der Waals surface area contributed by atoms with Crippen LogP contribution in [0.4, 0.5) is 0 Å². The second-order valence-corrected chi connectivity index (χ2v) is 23.1. The highest BCUT2D eigenvalue weighted by Gasteiger charge is 2.21. The molecule has 0 aliphatic rings. The van der Waals surface area contributed by atoms with Crippen molar-refractivity contribution in [3.8, 4) is 89.7 Å². The van der Waals surface area contributed by atoms with Gasteiger partial charge < -0.3 is 8.83 Å². The highest BCUT2D eigenvalue weighted by atomic mass is 16.4. The predicted molar refractivity (Wildman–Crippen MR) is 377 cm³/mol. The predicted octanol–water partition coefficient (Wildman–Crippen LogP) is 23.9. The number of hydrogen-bond donors (Lipinski definition) is 0. The fourth-order valence-electron chi connectivity index (χ4n) is 13.6. The van der Waals surface area contributed by atoms with Crippen LogP contribution in [0.5, 0.6) is 0 Å². The van der Waals surface area contributed by atoms with E-state index in [4.69, 9.17) is 18.8 Å². The van der Waals surface area contributed by atoms with E-state index in [0.29, 0.717) is 11.8 Å². The SMILES string of the molecule is c1cc(-c2ccc3ccccc3c2)cc(-c2c3ccccc3c(-c3ccc(-c4nc5ccccc5o4)cc3)c3ccccc23)c1.c1cc(-c2cccc3ccccc23)cc(-c2c3ccccc3c(-c3ccc(-c4nc5ccccc5o4)cc3)c3ccccc23)c1. The van der Waals surface area contributed by atoms with E-state index in [0.717, 1.165) is 33.3 Å². The standard InChI is InChI=1S/2C43H27NO/c1-2-15-33-28(11-1)12-10-20-34(33)31-13-9-14-32(27-31)42-37-18-5-3-16-35(37)41(36-17-4-6-19-38(36)42)29-23-25-30(26-24-29)43-44-39-21-7-8-22-40(39)45-43;1-2-11-31-26-33(25-20-28(31)10-1)32-12-9-13-34(27-32)42-37-16-5-3-14-35(37)41(36-15-4-6-17-38(36)42)29-21-23-30(24-22-29)43-44-39-18-7-8-19-40(39)45-43/h2*1-27H. The molecular formula is C86H54N2O2. The molecule has 18 aromatic rings. The van der Waals surface area contributed by atoms with Gasteiger partial charge >= 0.3 is 0 Å². The third kappa shape index (κ3) is 9.25. The van der Waals surface area contributed by atoms with Crippen LogP contribution in [0.2, 0.25) is 0 Å². The van der Waals surface area contributed by atoms with Gasteiger partial charge in [0, 0.05) is 11.1 Å². The number of hydrogen-bond acceptors (Lipinski definition) is 4. The van der Waals surface area contributed by atoms with Gasteiger partial charge in [0.05, 0.1) is 0 Å². The van der Waals surface area contributed by atoms with Crippen LogP contribution in [0.3, 0.4) is 0 Å². The van der Waals surface area contributed by atoms with Crippen molar-refractivity contribution in [2.75, 3.05) is 0 Å². The maximum absolute atomic E-state index is 6.06. The van der Waals surface area contributed by atoms with E-state index in [1.165, 1.54) is 131 Å². The summed E-state index contributed by atoms with van der Waals surface area (Å²) in [5.74, 6) is 1.28. The van der Waals surface area contributed by atoms with Gasteiger partial charge in [0.1, 0.15) is 11.0 Å². The van der Waals surface area contributed by atoms with Gasteiger partial charge in [-0.2, -0.15) is 0 Å². The van der Waals surface area contributed by atoms with E-state index >= 15 is 0 Å². The first-order valence-electron chi connectivity index (χ1n) is 30.6. The molecule has 4 nitrogen and oxygen atoms in total. The first-order chi connectivity index (χ1) is 44.6. The summed E-state index contributed by atoms with van der Waals surface area (Å²) in [5.41, 5.74) is 19.9. The minimum absolute atomic E-state index is 0.638. The van der Waals surface area contributed by atoms with Crippen molar-refractivity contribution in [3.63, 3.8) is 0 Å². The summed E-state index contributed by atoms with van der Waals surface area (Å²) < 4.78 is 12.1. The molecule has 0 amide bonds. The Kier molecular flexibility index (Phi) is 12.8. The highest BCUT2D eigenvalue weighted by molar-refractivity contribution is 6.23. The normalized spacial score (nSPS) is 11.6. The van der Waals surface area contributed by atoms with E-state index in [1.54, 1.807) is 0 Å². The lowest BCUT2D eigenvalue weighted by molar-refractivity contribution is 0.619. The van der Waals surface area contributed by atoms with Crippen molar-refractivity contribution >= 4 is 86.8 Å². The van der Waals surface area contributed by atoms with Crippen LogP contribution >= 0.6 is 0 Å².